The van der Waals surface area contributed by atoms with Crippen molar-refractivity contribution in [2.75, 3.05) is 0 Å². The Morgan fingerprint density at radius 1 is 1.62 bits per heavy atom. The number of aromatic nitrogens is 4. The molecule has 0 atom stereocenters. The molecule has 0 unspecified atom stereocenters. The van der Waals surface area contributed by atoms with Gasteiger partial charge in [-0.1, -0.05) is 0 Å². The number of carbonyl (C=O) groups is 1. The van der Waals surface area contributed by atoms with Gasteiger partial charge in [0.05, 0.1) is 18.5 Å². The van der Waals surface area contributed by atoms with Crippen molar-refractivity contribution in [2.24, 2.45) is 0 Å². The van der Waals surface area contributed by atoms with Crippen LogP contribution in [0.25, 0.3) is 11.2 Å². The van der Waals surface area contributed by atoms with E-state index >= 15 is 0 Å². The summed E-state index contributed by atoms with van der Waals surface area (Å²) in [6.07, 6.45) is 1.43. The molecule has 82 valence electrons. The van der Waals surface area contributed by atoms with E-state index in [9.17, 15) is 0 Å². The summed E-state index contributed by atoms with van der Waals surface area (Å²) < 4.78 is 0. The number of aliphatic hydroxyl groups excluding tert-OH is 1. The van der Waals surface area contributed by atoms with Gasteiger partial charge in [0.15, 0.2) is 11.3 Å². The highest BCUT2D eigenvalue weighted by atomic mass is 16.3. The van der Waals surface area contributed by atoms with Crippen molar-refractivity contribution in [1.82, 2.24) is 20.2 Å². The predicted octanol–water partition coefficient (Wildman–Crippen LogP) is -0.582. The summed E-state index contributed by atoms with van der Waals surface area (Å²) >= 11 is 0. The first kappa shape index (κ1) is 11.5. The molecule has 2 aromatic rings. The number of nitrogens with one attached hydrogen (secondary N) is 1. The molecule has 0 radical (unpaired) electrons. The highest BCUT2D eigenvalue weighted by Crippen LogP contribution is 2.09. The second kappa shape index (κ2) is 5.38. The molecule has 0 saturated carbocycles. The van der Waals surface area contributed by atoms with Gasteiger partial charge in [0, 0.05) is 0 Å². The molecule has 0 bridgehead atoms. The van der Waals surface area contributed by atoms with Gasteiger partial charge in [-0.15, -0.1) is 0 Å². The van der Waals surface area contributed by atoms with Crippen LogP contribution in [-0.4, -0.2) is 36.9 Å². The summed E-state index contributed by atoms with van der Waals surface area (Å²) in [6.45, 7) is -0.445. The van der Waals surface area contributed by atoms with Crippen LogP contribution in [0.4, 0.5) is 0 Å². The number of nitrogens with zero attached hydrogens (tertiary/aromatic N) is 4. The lowest BCUT2D eigenvalue weighted by Crippen LogP contribution is -1.91. The van der Waals surface area contributed by atoms with Crippen molar-refractivity contribution >= 4 is 17.6 Å². The average Bonchev–Trinajstić information content (AvgIpc) is 2.71. The lowest BCUT2D eigenvalue weighted by Gasteiger charge is -1.92. The quantitative estimate of drug-likeness (QED) is 0.548. The van der Waals surface area contributed by atoms with Crippen LogP contribution in [0, 0.1) is 11.3 Å². The van der Waals surface area contributed by atoms with Gasteiger partial charge in [-0.2, -0.15) is 10.4 Å². The summed E-state index contributed by atoms with van der Waals surface area (Å²) in [5.74, 6) is 0. The number of H-pyrrole nitrogens is 1. The lowest BCUT2D eigenvalue weighted by atomic mass is 10.4. The third-order valence-corrected chi connectivity index (χ3v) is 1.59. The van der Waals surface area contributed by atoms with E-state index in [1.54, 1.807) is 0 Å². The molecule has 0 spiro atoms. The van der Waals surface area contributed by atoms with Crippen molar-refractivity contribution in [2.45, 2.75) is 6.61 Å². The van der Waals surface area contributed by atoms with E-state index in [2.05, 4.69) is 20.2 Å². The number of carboxylic acid groups (broad SMARTS) is 1. The van der Waals surface area contributed by atoms with Crippen LogP contribution in [0.3, 0.4) is 0 Å². The molecule has 0 aliphatic carbocycles. The first-order valence-corrected chi connectivity index (χ1v) is 4.05. The second-order valence-electron chi connectivity index (χ2n) is 2.51. The van der Waals surface area contributed by atoms with E-state index in [4.69, 9.17) is 20.3 Å². The molecule has 2 rings (SSSR count). The first-order valence-electron chi connectivity index (χ1n) is 4.05. The minimum atomic E-state index is -0.250. The molecule has 8 heteroatoms. The Morgan fingerprint density at radius 2 is 2.31 bits per heavy atom. The zero-order valence-corrected chi connectivity index (χ0v) is 7.95. The molecule has 0 amide bonds. The third-order valence-electron chi connectivity index (χ3n) is 1.59. The number of aliphatic hydroxyl groups is 1. The zero-order valence-electron chi connectivity index (χ0n) is 7.95. The zero-order chi connectivity index (χ0) is 12.0. The maximum atomic E-state index is 8.78. The molecule has 0 aliphatic rings. The van der Waals surface area contributed by atoms with Crippen molar-refractivity contribution < 1.29 is 15.0 Å². The summed E-state index contributed by atoms with van der Waals surface area (Å²) in [7, 11) is 0. The molecule has 0 saturated heterocycles. The molecular formula is C8H7N5O3. The van der Waals surface area contributed by atoms with Gasteiger partial charge in [0.25, 0.3) is 6.47 Å². The summed E-state index contributed by atoms with van der Waals surface area (Å²) in [5.41, 5.74) is 1.46. The SMILES string of the molecule is N#Cc1n[nH]c2ncc(CO)nc12.O=CO. The Bertz CT molecular complexity index is 530. The molecule has 2 aromatic heterocycles. The molecule has 0 aliphatic heterocycles. The van der Waals surface area contributed by atoms with Gasteiger partial charge >= 0.3 is 0 Å². The summed E-state index contributed by atoms with van der Waals surface area (Å²) in [5, 5.41) is 30.6. The molecule has 8 nitrogen and oxygen atoms in total. The van der Waals surface area contributed by atoms with Crippen LogP contribution in [0.1, 0.15) is 11.4 Å². The predicted molar refractivity (Wildman–Crippen MR) is 51.0 cm³/mol. The number of hydrogen-bond acceptors (Lipinski definition) is 6. The minimum Gasteiger partial charge on any atom is -0.483 e. The van der Waals surface area contributed by atoms with E-state index in [1.807, 2.05) is 6.07 Å². The second-order valence-corrected chi connectivity index (χ2v) is 2.51. The number of fused-ring (bicyclic) bond motifs is 1. The molecule has 2 heterocycles. The van der Waals surface area contributed by atoms with Crippen molar-refractivity contribution in [1.29, 1.82) is 5.26 Å². The van der Waals surface area contributed by atoms with E-state index in [0.717, 1.165) is 0 Å². The molecule has 0 fully saturated rings. The Morgan fingerprint density at radius 3 is 2.88 bits per heavy atom. The summed E-state index contributed by atoms with van der Waals surface area (Å²) in [6, 6.07) is 1.87. The van der Waals surface area contributed by atoms with Gasteiger partial charge in [-0.3, -0.25) is 9.89 Å². The van der Waals surface area contributed by atoms with E-state index in [-0.39, 0.29) is 18.8 Å². The number of aromatic amines is 1. The van der Waals surface area contributed by atoms with Crippen molar-refractivity contribution in [3.63, 3.8) is 0 Å². The Hall–Kier alpha value is -2.53. The monoisotopic (exact) mass is 221 g/mol. The molecule has 3 N–H and O–H groups in total. The van der Waals surface area contributed by atoms with Gasteiger partial charge in [-0.05, 0) is 0 Å². The standard InChI is InChI=1S/C7H5N5O.CH2O2/c8-1-5-6-7(12-11-5)9-2-4(3-13)10-6;2-1-3/h2,13H,3H2,(H,9,11,12);1H,(H,2,3). The summed E-state index contributed by atoms with van der Waals surface area (Å²) in [4.78, 5) is 16.3. The lowest BCUT2D eigenvalue weighted by molar-refractivity contribution is -0.122. The van der Waals surface area contributed by atoms with Crippen LogP contribution >= 0.6 is 0 Å². The molecule has 0 aromatic carbocycles. The maximum Gasteiger partial charge on any atom is 0.290 e. The van der Waals surface area contributed by atoms with Crippen LogP contribution < -0.4 is 0 Å². The van der Waals surface area contributed by atoms with Crippen molar-refractivity contribution in [3.05, 3.63) is 17.6 Å². The highest BCUT2D eigenvalue weighted by molar-refractivity contribution is 5.75. The van der Waals surface area contributed by atoms with Gasteiger partial charge in [0.1, 0.15) is 11.6 Å². The topological polar surface area (TPSA) is 136 Å². The van der Waals surface area contributed by atoms with Crippen LogP contribution in [0.2, 0.25) is 0 Å². The van der Waals surface area contributed by atoms with E-state index in [1.165, 1.54) is 6.20 Å². The fourth-order valence-electron chi connectivity index (χ4n) is 0.988. The highest BCUT2D eigenvalue weighted by Gasteiger charge is 2.07. The fourth-order valence-corrected chi connectivity index (χ4v) is 0.988. The van der Waals surface area contributed by atoms with E-state index in [0.29, 0.717) is 16.9 Å². The molecular weight excluding hydrogens is 214 g/mol. The third kappa shape index (κ3) is 2.28. The Balaban J connectivity index is 0.000000386. The normalized spacial score (nSPS) is 9.00. The Labute approximate surface area is 89.2 Å². The van der Waals surface area contributed by atoms with E-state index < -0.39 is 0 Å². The minimum absolute atomic E-state index is 0.192. The van der Waals surface area contributed by atoms with Gasteiger partial charge < -0.3 is 10.2 Å². The van der Waals surface area contributed by atoms with Crippen LogP contribution in [0.15, 0.2) is 6.20 Å². The number of hydrogen-bond donors (Lipinski definition) is 3. The maximum absolute atomic E-state index is 8.78. The van der Waals surface area contributed by atoms with Gasteiger partial charge in [0.2, 0.25) is 0 Å². The number of nitriles is 1. The van der Waals surface area contributed by atoms with Crippen LogP contribution in [-0.2, 0) is 11.4 Å². The van der Waals surface area contributed by atoms with Crippen molar-refractivity contribution in [3.8, 4) is 6.07 Å². The molecule has 16 heavy (non-hydrogen) atoms. The largest absolute Gasteiger partial charge is 0.483 e. The average molecular weight is 221 g/mol. The Kier molecular flexibility index (Phi) is 3.88. The smallest absolute Gasteiger partial charge is 0.290 e. The van der Waals surface area contributed by atoms with Crippen LogP contribution in [0.5, 0.6) is 0 Å². The number of rotatable bonds is 1. The fraction of sp³-hybridized carbons (Fsp3) is 0.125. The van der Waals surface area contributed by atoms with Gasteiger partial charge in [-0.25, -0.2) is 9.97 Å². The first-order chi connectivity index (χ1) is 7.76.